The molecule has 5 rings (SSSR count). The number of imidazole rings is 1. The smallest absolute Gasteiger partial charge is 0.238 e. The molecule has 0 N–H and O–H groups in total. The molecule has 31 heavy (non-hydrogen) atoms. The molecule has 0 fully saturated rings. The Kier molecular flexibility index (Phi) is 5.05. The third kappa shape index (κ3) is 3.63. The number of pyridine rings is 1. The Morgan fingerprint density at radius 1 is 1.19 bits per heavy atom. The van der Waals surface area contributed by atoms with Crippen LogP contribution in [0.2, 0.25) is 0 Å². The van der Waals surface area contributed by atoms with Gasteiger partial charge in [0, 0.05) is 23.1 Å². The Labute approximate surface area is 187 Å². The second-order valence-corrected chi connectivity index (χ2v) is 8.44. The lowest BCUT2D eigenvalue weighted by Gasteiger charge is -2.22. The van der Waals surface area contributed by atoms with Crippen molar-refractivity contribution >= 4 is 15.9 Å². The highest BCUT2D eigenvalue weighted by Crippen LogP contribution is 2.36. The van der Waals surface area contributed by atoms with E-state index in [4.69, 9.17) is 9.72 Å². The Balaban J connectivity index is 1.54. The van der Waals surface area contributed by atoms with Crippen LogP contribution in [0.4, 0.5) is 4.39 Å². The molecule has 4 heterocycles. The van der Waals surface area contributed by atoms with Gasteiger partial charge in [-0.15, -0.1) is 5.10 Å². The molecule has 7 nitrogen and oxygen atoms in total. The van der Waals surface area contributed by atoms with Gasteiger partial charge in [-0.05, 0) is 55.7 Å². The average molecular weight is 483 g/mol. The van der Waals surface area contributed by atoms with Crippen LogP contribution in [0, 0.1) is 12.7 Å². The van der Waals surface area contributed by atoms with Crippen LogP contribution >= 0.6 is 15.9 Å². The van der Waals surface area contributed by atoms with E-state index in [0.717, 1.165) is 41.1 Å². The van der Waals surface area contributed by atoms with Crippen LogP contribution in [0.1, 0.15) is 35.8 Å². The van der Waals surface area contributed by atoms with Gasteiger partial charge in [-0.1, -0.05) is 15.9 Å². The summed E-state index contributed by atoms with van der Waals surface area (Å²) >= 11 is 3.45. The fourth-order valence-corrected chi connectivity index (χ4v) is 4.37. The molecule has 3 aromatic heterocycles. The quantitative estimate of drug-likeness (QED) is 0.422. The maximum Gasteiger partial charge on any atom is 0.238 e. The molecule has 1 atom stereocenters. The summed E-state index contributed by atoms with van der Waals surface area (Å²) in [6.07, 6.45) is 5.35. The van der Waals surface area contributed by atoms with E-state index in [1.807, 2.05) is 40.6 Å². The Morgan fingerprint density at radius 2 is 2.06 bits per heavy atom. The number of aromatic nitrogens is 6. The van der Waals surface area contributed by atoms with Crippen LogP contribution in [-0.4, -0.2) is 36.4 Å². The number of methoxy groups -OCH3 is 1. The predicted molar refractivity (Wildman–Crippen MR) is 117 cm³/mol. The molecule has 4 aromatic rings. The number of benzene rings is 1. The van der Waals surface area contributed by atoms with Gasteiger partial charge in [0.1, 0.15) is 23.0 Å². The first-order chi connectivity index (χ1) is 15.0. The van der Waals surface area contributed by atoms with Crippen molar-refractivity contribution in [3.8, 4) is 23.1 Å². The number of hydrogen-bond acceptors (Lipinski definition) is 5. The summed E-state index contributed by atoms with van der Waals surface area (Å²) in [6, 6.07) is 8.79. The Bertz CT molecular complexity index is 1270. The SMILES string of the molecule is COc1nc(-c2nc3n(n2)CCC[C@@H]3c2cc(Br)ccc2F)ccc1-n1cnc(C)c1. The van der Waals surface area contributed by atoms with E-state index >= 15 is 0 Å². The maximum atomic E-state index is 14.6. The average Bonchev–Trinajstić information content (AvgIpc) is 3.41. The van der Waals surface area contributed by atoms with E-state index in [2.05, 4.69) is 31.0 Å². The first-order valence-electron chi connectivity index (χ1n) is 9.99. The van der Waals surface area contributed by atoms with Crippen molar-refractivity contribution in [1.29, 1.82) is 0 Å². The minimum Gasteiger partial charge on any atom is -0.479 e. The van der Waals surface area contributed by atoms with Gasteiger partial charge >= 0.3 is 0 Å². The number of ether oxygens (including phenoxy) is 1. The zero-order valence-corrected chi connectivity index (χ0v) is 18.7. The molecular weight excluding hydrogens is 463 g/mol. The number of fused-ring (bicyclic) bond motifs is 1. The normalized spacial score (nSPS) is 15.7. The lowest BCUT2D eigenvalue weighted by Crippen LogP contribution is -2.18. The van der Waals surface area contributed by atoms with Crippen LogP contribution < -0.4 is 4.74 Å². The van der Waals surface area contributed by atoms with E-state index in [0.29, 0.717) is 23.0 Å². The molecule has 158 valence electrons. The molecule has 0 amide bonds. The highest BCUT2D eigenvalue weighted by molar-refractivity contribution is 9.10. The molecule has 0 radical (unpaired) electrons. The number of rotatable bonds is 4. The van der Waals surface area contributed by atoms with Gasteiger partial charge < -0.3 is 9.30 Å². The lowest BCUT2D eigenvalue weighted by atomic mass is 9.91. The minimum atomic E-state index is -0.231. The molecule has 0 spiro atoms. The van der Waals surface area contributed by atoms with Gasteiger partial charge in [-0.2, -0.15) is 0 Å². The van der Waals surface area contributed by atoms with Crippen molar-refractivity contribution in [2.75, 3.05) is 7.11 Å². The van der Waals surface area contributed by atoms with Crippen LogP contribution in [-0.2, 0) is 6.54 Å². The van der Waals surface area contributed by atoms with Crippen molar-refractivity contribution in [3.05, 3.63) is 70.2 Å². The highest BCUT2D eigenvalue weighted by atomic mass is 79.9. The van der Waals surface area contributed by atoms with Crippen molar-refractivity contribution in [3.63, 3.8) is 0 Å². The Morgan fingerprint density at radius 3 is 2.84 bits per heavy atom. The monoisotopic (exact) mass is 482 g/mol. The van der Waals surface area contributed by atoms with Crippen molar-refractivity contribution in [1.82, 2.24) is 29.3 Å². The van der Waals surface area contributed by atoms with Crippen LogP contribution in [0.5, 0.6) is 5.88 Å². The standard InChI is InChI=1S/C22H20BrFN6O/c1-13-11-29(12-25-13)19-8-7-18(26-22(19)31-2)20-27-21-15(4-3-9-30(21)28-20)16-10-14(23)5-6-17(16)24/h5-8,10-12,15H,3-4,9H2,1-2H3/t15-/m1/s1. The van der Waals surface area contributed by atoms with E-state index in [1.165, 1.54) is 6.07 Å². The third-order valence-corrected chi connectivity index (χ3v) is 5.95. The van der Waals surface area contributed by atoms with E-state index in [9.17, 15) is 4.39 Å². The number of aryl methyl sites for hydroxylation is 2. The summed E-state index contributed by atoms with van der Waals surface area (Å²) in [5, 5.41) is 4.66. The zero-order valence-electron chi connectivity index (χ0n) is 17.1. The topological polar surface area (TPSA) is 70.7 Å². The second-order valence-electron chi connectivity index (χ2n) is 7.52. The third-order valence-electron chi connectivity index (χ3n) is 5.46. The van der Waals surface area contributed by atoms with Gasteiger partial charge in [0.25, 0.3) is 0 Å². The molecule has 9 heteroatoms. The van der Waals surface area contributed by atoms with Crippen molar-refractivity contribution in [2.45, 2.75) is 32.2 Å². The van der Waals surface area contributed by atoms with E-state index in [1.54, 1.807) is 19.5 Å². The van der Waals surface area contributed by atoms with Gasteiger partial charge in [-0.25, -0.2) is 24.0 Å². The summed E-state index contributed by atoms with van der Waals surface area (Å²) in [5.41, 5.74) is 2.92. The first kappa shape index (κ1) is 19.9. The van der Waals surface area contributed by atoms with Gasteiger partial charge in [-0.3, -0.25) is 0 Å². The molecule has 1 aliphatic heterocycles. The largest absolute Gasteiger partial charge is 0.479 e. The van der Waals surface area contributed by atoms with Crippen LogP contribution in [0.15, 0.2) is 47.3 Å². The summed E-state index contributed by atoms with van der Waals surface area (Å²) in [5.74, 6) is 1.34. The maximum absolute atomic E-state index is 14.6. The van der Waals surface area contributed by atoms with E-state index in [-0.39, 0.29) is 11.7 Å². The molecule has 1 aromatic carbocycles. The number of hydrogen-bond donors (Lipinski definition) is 0. The van der Waals surface area contributed by atoms with Gasteiger partial charge in [0.2, 0.25) is 5.88 Å². The minimum absolute atomic E-state index is 0.150. The summed E-state index contributed by atoms with van der Waals surface area (Å²) in [4.78, 5) is 13.7. The fraction of sp³-hybridized carbons (Fsp3) is 0.273. The fourth-order valence-electron chi connectivity index (χ4n) is 3.99. The zero-order chi connectivity index (χ0) is 21.5. The lowest BCUT2D eigenvalue weighted by molar-refractivity contribution is 0.396. The van der Waals surface area contributed by atoms with Crippen molar-refractivity contribution in [2.24, 2.45) is 0 Å². The molecule has 1 aliphatic rings. The van der Waals surface area contributed by atoms with E-state index < -0.39 is 0 Å². The van der Waals surface area contributed by atoms with Gasteiger partial charge in [0.05, 0.1) is 19.1 Å². The molecule has 0 bridgehead atoms. The molecule has 0 aliphatic carbocycles. The number of halogens is 2. The second kappa shape index (κ2) is 7.88. The van der Waals surface area contributed by atoms with Crippen LogP contribution in [0.3, 0.4) is 0 Å². The molecule has 0 saturated heterocycles. The summed E-state index contributed by atoms with van der Waals surface area (Å²) in [7, 11) is 1.58. The first-order valence-corrected chi connectivity index (χ1v) is 10.8. The van der Waals surface area contributed by atoms with Crippen molar-refractivity contribution < 1.29 is 9.13 Å². The summed E-state index contributed by atoms with van der Waals surface area (Å²) < 4.78 is 24.7. The molecule has 0 unspecified atom stereocenters. The number of nitrogens with zero attached hydrogens (tertiary/aromatic N) is 6. The Hall–Kier alpha value is -3.07. The van der Waals surface area contributed by atoms with Crippen LogP contribution in [0.25, 0.3) is 17.2 Å². The van der Waals surface area contributed by atoms with Gasteiger partial charge in [0.15, 0.2) is 5.82 Å². The molecule has 0 saturated carbocycles. The molecular formula is C22H20BrFN6O. The summed E-state index contributed by atoms with van der Waals surface area (Å²) in [6.45, 7) is 2.67. The predicted octanol–water partition coefficient (Wildman–Crippen LogP) is 4.67. The highest BCUT2D eigenvalue weighted by Gasteiger charge is 2.28.